The molecule has 5 N–H and O–H groups in total. The summed E-state index contributed by atoms with van der Waals surface area (Å²) in [5.74, 6) is -0.981. The number of nitrogens with one attached hydrogen (secondary N) is 4. The summed E-state index contributed by atoms with van der Waals surface area (Å²) >= 11 is 0. The second kappa shape index (κ2) is 12.3. The van der Waals surface area contributed by atoms with Crippen LogP contribution in [-0.2, 0) is 14.3 Å². The molecule has 0 aromatic heterocycles. The third-order valence-corrected chi connectivity index (χ3v) is 2.40. The SMILES string of the molecule is C=CC(=O)O.COC(=O)NC(=O)Nc1ccccc1NC(=O)NC(=O)OC. The molecule has 0 saturated carbocycles. The van der Waals surface area contributed by atoms with Crippen molar-refractivity contribution in [2.24, 2.45) is 0 Å². The molecule has 0 atom stereocenters. The number of aliphatic carboxylic acids is 1. The van der Waals surface area contributed by atoms with Crippen molar-refractivity contribution in [1.82, 2.24) is 10.6 Å². The van der Waals surface area contributed by atoms with Crippen molar-refractivity contribution in [3.05, 3.63) is 36.9 Å². The maximum atomic E-state index is 11.5. The van der Waals surface area contributed by atoms with Gasteiger partial charge >= 0.3 is 30.2 Å². The van der Waals surface area contributed by atoms with Crippen LogP contribution in [0.2, 0.25) is 0 Å². The van der Waals surface area contributed by atoms with Gasteiger partial charge in [0.05, 0.1) is 25.6 Å². The number of urea groups is 2. The maximum Gasteiger partial charge on any atom is 0.415 e. The molecule has 0 aliphatic rings. The Bertz CT molecular complexity index is 669. The van der Waals surface area contributed by atoms with Crippen LogP contribution in [0.1, 0.15) is 0 Å². The molecule has 12 heteroatoms. The highest BCUT2D eigenvalue weighted by Gasteiger charge is 2.12. The highest BCUT2D eigenvalue weighted by molar-refractivity contribution is 6.04. The van der Waals surface area contributed by atoms with Crippen LogP contribution in [0.25, 0.3) is 0 Å². The van der Waals surface area contributed by atoms with E-state index in [1.54, 1.807) is 12.1 Å². The lowest BCUT2D eigenvalue weighted by Crippen LogP contribution is -2.36. The van der Waals surface area contributed by atoms with Crippen LogP contribution in [0.5, 0.6) is 0 Å². The molecule has 0 bridgehead atoms. The number of carboxylic acids is 1. The quantitative estimate of drug-likeness (QED) is 0.491. The molecule has 0 fully saturated rings. The molecule has 1 rings (SSSR count). The van der Waals surface area contributed by atoms with E-state index >= 15 is 0 Å². The second-order valence-corrected chi connectivity index (χ2v) is 4.23. The Morgan fingerprint density at radius 3 is 1.48 bits per heavy atom. The highest BCUT2D eigenvalue weighted by atomic mass is 16.5. The van der Waals surface area contributed by atoms with Gasteiger partial charge in [-0.15, -0.1) is 0 Å². The summed E-state index contributed by atoms with van der Waals surface area (Å²) in [5.41, 5.74) is 0.396. The molecule has 1 aromatic rings. The number of para-hydroxylation sites is 2. The summed E-state index contributed by atoms with van der Waals surface area (Å²) < 4.78 is 8.53. The van der Waals surface area contributed by atoms with Gasteiger partial charge in [-0.1, -0.05) is 18.7 Å². The van der Waals surface area contributed by atoms with Gasteiger partial charge in [0.2, 0.25) is 0 Å². The standard InChI is InChI=1S/C12H14N4O6.C3H4O2/c1-21-11(19)15-9(17)13-7-5-3-4-6-8(7)14-10(18)16-12(20)22-2;1-2-3(4)5/h3-6H,1-2H3,(H2,13,15,17,19)(H2,14,16,18,20);2H,1H2,(H,4,5). The number of carbonyl (C=O) groups excluding carboxylic acids is 4. The monoisotopic (exact) mass is 382 g/mol. The fraction of sp³-hybridized carbons (Fsp3) is 0.133. The van der Waals surface area contributed by atoms with Crippen molar-refractivity contribution in [3.63, 3.8) is 0 Å². The number of rotatable bonds is 3. The molecule has 0 heterocycles. The second-order valence-electron chi connectivity index (χ2n) is 4.23. The van der Waals surface area contributed by atoms with Gasteiger partial charge in [0.15, 0.2) is 0 Å². The summed E-state index contributed by atoms with van der Waals surface area (Å²) in [6.45, 7) is 2.96. The number of hydrogen-bond donors (Lipinski definition) is 5. The summed E-state index contributed by atoms with van der Waals surface area (Å²) in [4.78, 5) is 54.1. The first-order valence-electron chi connectivity index (χ1n) is 6.99. The molecule has 0 aliphatic carbocycles. The van der Waals surface area contributed by atoms with Crippen LogP contribution in [0.4, 0.5) is 30.6 Å². The number of carbonyl (C=O) groups is 5. The van der Waals surface area contributed by atoms with Crippen LogP contribution >= 0.6 is 0 Å². The summed E-state index contributed by atoms with van der Waals surface area (Å²) in [7, 11) is 2.21. The Labute approximate surface area is 153 Å². The fourth-order valence-electron chi connectivity index (χ4n) is 1.30. The lowest BCUT2D eigenvalue weighted by molar-refractivity contribution is -0.131. The third-order valence-electron chi connectivity index (χ3n) is 2.40. The number of methoxy groups -OCH3 is 2. The number of ether oxygens (including phenoxy) is 2. The number of benzene rings is 1. The van der Waals surface area contributed by atoms with E-state index in [1.807, 2.05) is 10.6 Å². The van der Waals surface area contributed by atoms with Crippen molar-refractivity contribution in [3.8, 4) is 0 Å². The normalized spacial score (nSPS) is 8.67. The molecule has 0 unspecified atom stereocenters. The van der Waals surface area contributed by atoms with Gasteiger partial charge in [-0.25, -0.2) is 34.6 Å². The third kappa shape index (κ3) is 10.4. The van der Waals surface area contributed by atoms with Crippen LogP contribution < -0.4 is 21.3 Å². The molecular weight excluding hydrogens is 364 g/mol. The zero-order chi connectivity index (χ0) is 20.8. The predicted octanol–water partition coefficient (Wildman–Crippen LogP) is 1.72. The molecule has 0 aliphatic heterocycles. The van der Waals surface area contributed by atoms with E-state index in [-0.39, 0.29) is 11.4 Å². The minimum atomic E-state index is -0.981. The van der Waals surface area contributed by atoms with Crippen LogP contribution in [-0.4, -0.2) is 49.5 Å². The van der Waals surface area contributed by atoms with E-state index in [9.17, 15) is 24.0 Å². The van der Waals surface area contributed by atoms with Gasteiger partial charge in [0, 0.05) is 6.08 Å². The van der Waals surface area contributed by atoms with Gasteiger partial charge in [-0.2, -0.15) is 0 Å². The molecule has 0 saturated heterocycles. The van der Waals surface area contributed by atoms with Crippen molar-refractivity contribution >= 4 is 41.6 Å². The van der Waals surface area contributed by atoms with Gasteiger partial charge in [0.25, 0.3) is 0 Å². The van der Waals surface area contributed by atoms with Crippen LogP contribution in [0, 0.1) is 0 Å². The Morgan fingerprint density at radius 2 is 1.22 bits per heavy atom. The summed E-state index contributed by atoms with van der Waals surface area (Å²) in [5, 5.41) is 16.1. The zero-order valence-electron chi connectivity index (χ0n) is 14.4. The van der Waals surface area contributed by atoms with Crippen LogP contribution in [0.15, 0.2) is 36.9 Å². The molecule has 12 nitrogen and oxygen atoms in total. The largest absolute Gasteiger partial charge is 0.478 e. The van der Waals surface area contributed by atoms with E-state index in [1.165, 1.54) is 12.1 Å². The lowest BCUT2D eigenvalue weighted by Gasteiger charge is -2.12. The topological polar surface area (TPSA) is 172 Å². The molecule has 27 heavy (non-hydrogen) atoms. The first kappa shape index (κ1) is 22.9. The van der Waals surface area contributed by atoms with E-state index in [4.69, 9.17) is 5.11 Å². The number of anilines is 2. The van der Waals surface area contributed by atoms with Crippen LogP contribution in [0.3, 0.4) is 0 Å². The van der Waals surface area contributed by atoms with E-state index in [2.05, 4.69) is 26.7 Å². The summed E-state index contributed by atoms with van der Waals surface area (Å²) in [6, 6.07) is 4.44. The number of amides is 6. The molecular formula is C15H18N4O8. The minimum Gasteiger partial charge on any atom is -0.478 e. The van der Waals surface area contributed by atoms with E-state index in [0.29, 0.717) is 0 Å². The Hall–Kier alpha value is -4.09. The van der Waals surface area contributed by atoms with E-state index in [0.717, 1.165) is 20.3 Å². The zero-order valence-corrected chi connectivity index (χ0v) is 14.4. The predicted molar refractivity (Wildman–Crippen MR) is 93.4 cm³/mol. The number of carboxylic acid groups (broad SMARTS) is 1. The minimum absolute atomic E-state index is 0.198. The maximum absolute atomic E-state index is 11.5. The van der Waals surface area contributed by atoms with Crippen molar-refractivity contribution in [1.29, 1.82) is 0 Å². The number of hydrogen-bond acceptors (Lipinski definition) is 7. The first-order chi connectivity index (χ1) is 12.7. The first-order valence-corrected chi connectivity index (χ1v) is 6.99. The van der Waals surface area contributed by atoms with Crippen molar-refractivity contribution < 1.29 is 38.6 Å². The van der Waals surface area contributed by atoms with Crippen molar-refractivity contribution in [2.45, 2.75) is 0 Å². The van der Waals surface area contributed by atoms with Crippen molar-refractivity contribution in [2.75, 3.05) is 24.9 Å². The Morgan fingerprint density at radius 1 is 0.889 bits per heavy atom. The molecule has 1 aromatic carbocycles. The van der Waals surface area contributed by atoms with Gasteiger partial charge in [0.1, 0.15) is 0 Å². The van der Waals surface area contributed by atoms with E-state index < -0.39 is 30.2 Å². The highest BCUT2D eigenvalue weighted by Crippen LogP contribution is 2.20. The number of imide groups is 2. The van der Waals surface area contributed by atoms with Gasteiger partial charge < -0.3 is 25.2 Å². The average molecular weight is 382 g/mol. The lowest BCUT2D eigenvalue weighted by atomic mass is 10.2. The van der Waals surface area contributed by atoms with Gasteiger partial charge in [-0.3, -0.25) is 0 Å². The fourth-order valence-corrected chi connectivity index (χ4v) is 1.30. The van der Waals surface area contributed by atoms with Gasteiger partial charge in [-0.05, 0) is 12.1 Å². The average Bonchev–Trinajstić information content (AvgIpc) is 2.63. The number of alkyl carbamates (subject to hydrolysis) is 2. The molecule has 146 valence electrons. The summed E-state index contributed by atoms with van der Waals surface area (Å²) in [6.07, 6.45) is -1.04. The smallest absolute Gasteiger partial charge is 0.415 e. The Kier molecular flexibility index (Phi) is 10.4. The molecule has 0 spiro atoms. The molecule has 0 radical (unpaired) electrons. The Balaban J connectivity index is 0.00000119. The molecule has 6 amide bonds.